The molecule has 4 nitrogen and oxygen atoms in total. The number of carbonyl (C=O) groups excluding carboxylic acids is 1. The second kappa shape index (κ2) is 4.03. The average Bonchev–Trinajstić information content (AvgIpc) is 2.16. The van der Waals surface area contributed by atoms with Crippen LogP contribution in [0.5, 0.6) is 0 Å². The van der Waals surface area contributed by atoms with Gasteiger partial charge in [-0.3, -0.25) is 4.79 Å². The Hall–Kier alpha value is -1.67. The first-order valence-electron chi connectivity index (χ1n) is 3.53. The first-order chi connectivity index (χ1) is 6.61. The second-order valence-corrected chi connectivity index (χ2v) is 3.22. The summed E-state index contributed by atoms with van der Waals surface area (Å²) in [6.45, 7) is 0. The highest BCUT2D eigenvalue weighted by molar-refractivity contribution is 9.10. The molecule has 0 atom stereocenters. The molecule has 5 heteroatoms. The van der Waals surface area contributed by atoms with Gasteiger partial charge < -0.3 is 5.11 Å². The molecule has 0 saturated carbocycles. The van der Waals surface area contributed by atoms with Gasteiger partial charge in [-0.25, -0.2) is 4.79 Å². The van der Waals surface area contributed by atoms with Crippen molar-refractivity contribution in [2.75, 3.05) is 0 Å². The Morgan fingerprint density at radius 3 is 2.64 bits per heavy atom. The van der Waals surface area contributed by atoms with E-state index in [0.29, 0.717) is 6.29 Å². The second-order valence-electron chi connectivity index (χ2n) is 2.43. The minimum atomic E-state index is -1.24. The van der Waals surface area contributed by atoms with Gasteiger partial charge in [0.15, 0.2) is 6.29 Å². The fourth-order valence-electron chi connectivity index (χ4n) is 0.993. The zero-order valence-corrected chi connectivity index (χ0v) is 8.41. The van der Waals surface area contributed by atoms with Crippen LogP contribution >= 0.6 is 15.9 Å². The number of hydrogen-bond donors (Lipinski definition) is 1. The van der Waals surface area contributed by atoms with Crippen molar-refractivity contribution >= 4 is 28.2 Å². The van der Waals surface area contributed by atoms with Crippen LogP contribution in [0.3, 0.4) is 0 Å². The van der Waals surface area contributed by atoms with Crippen LogP contribution in [-0.4, -0.2) is 17.4 Å². The van der Waals surface area contributed by atoms with Crippen molar-refractivity contribution in [2.24, 2.45) is 0 Å². The number of aldehydes is 1. The summed E-state index contributed by atoms with van der Waals surface area (Å²) in [5, 5.41) is 17.4. The Morgan fingerprint density at radius 1 is 1.57 bits per heavy atom. The Morgan fingerprint density at radius 2 is 2.21 bits per heavy atom. The molecule has 0 heterocycles. The van der Waals surface area contributed by atoms with E-state index >= 15 is 0 Å². The molecule has 0 aliphatic heterocycles. The molecule has 0 amide bonds. The molecule has 0 radical (unpaired) electrons. The fraction of sp³-hybridized carbons (Fsp3) is 0. The standard InChI is InChI=1S/C9H4BrNO3/c10-8-5(3-11)1-2-6(4-12)7(8)9(13)14/h1-2,4H,(H,13,14). The summed E-state index contributed by atoms with van der Waals surface area (Å²) >= 11 is 2.97. The number of benzene rings is 1. The first kappa shape index (κ1) is 10.4. The maximum Gasteiger partial charge on any atom is 0.337 e. The minimum Gasteiger partial charge on any atom is -0.478 e. The number of carboxylic acids is 1. The Labute approximate surface area is 87.9 Å². The van der Waals surface area contributed by atoms with Gasteiger partial charge in [-0.15, -0.1) is 0 Å². The van der Waals surface area contributed by atoms with Crippen molar-refractivity contribution in [1.29, 1.82) is 5.26 Å². The predicted molar refractivity (Wildman–Crippen MR) is 51.2 cm³/mol. The molecule has 1 aromatic rings. The third-order valence-electron chi connectivity index (χ3n) is 1.64. The minimum absolute atomic E-state index is 0.0448. The SMILES string of the molecule is N#Cc1ccc(C=O)c(C(=O)O)c1Br. The van der Waals surface area contributed by atoms with Gasteiger partial charge in [0, 0.05) is 5.56 Å². The smallest absolute Gasteiger partial charge is 0.337 e. The summed E-state index contributed by atoms with van der Waals surface area (Å²) in [6.07, 6.45) is 0.440. The maximum absolute atomic E-state index is 10.8. The molecule has 1 N–H and O–H groups in total. The number of nitriles is 1. The van der Waals surface area contributed by atoms with Crippen molar-refractivity contribution in [1.82, 2.24) is 0 Å². The molecule has 1 rings (SSSR count). The number of aromatic carboxylic acids is 1. The van der Waals surface area contributed by atoms with Crippen LogP contribution in [0.1, 0.15) is 26.3 Å². The average molecular weight is 254 g/mol. The Balaban J connectivity index is 3.56. The zero-order chi connectivity index (χ0) is 10.7. The molecule has 0 fully saturated rings. The van der Waals surface area contributed by atoms with Gasteiger partial charge in [0.05, 0.1) is 15.6 Å². The van der Waals surface area contributed by atoms with E-state index in [4.69, 9.17) is 10.4 Å². The topological polar surface area (TPSA) is 78.2 Å². The highest BCUT2D eigenvalue weighted by Gasteiger charge is 2.16. The van der Waals surface area contributed by atoms with Crippen LogP contribution in [0.25, 0.3) is 0 Å². The van der Waals surface area contributed by atoms with Gasteiger partial charge in [0.2, 0.25) is 0 Å². The zero-order valence-electron chi connectivity index (χ0n) is 6.82. The van der Waals surface area contributed by atoms with Crippen LogP contribution in [-0.2, 0) is 0 Å². The maximum atomic E-state index is 10.8. The summed E-state index contributed by atoms with van der Waals surface area (Å²) in [6, 6.07) is 4.51. The molecule has 0 saturated heterocycles. The molecule has 14 heavy (non-hydrogen) atoms. The molecule has 70 valence electrons. The molecule has 0 aliphatic carbocycles. The van der Waals surface area contributed by atoms with E-state index in [1.165, 1.54) is 12.1 Å². The lowest BCUT2D eigenvalue weighted by Gasteiger charge is -2.03. The Bertz CT molecular complexity index is 448. The number of carboxylic acid groups (broad SMARTS) is 1. The van der Waals surface area contributed by atoms with Crippen LogP contribution in [0, 0.1) is 11.3 Å². The quantitative estimate of drug-likeness (QED) is 0.816. The number of carbonyl (C=O) groups is 2. The van der Waals surface area contributed by atoms with Crippen molar-refractivity contribution in [2.45, 2.75) is 0 Å². The van der Waals surface area contributed by atoms with Crippen molar-refractivity contribution in [3.05, 3.63) is 33.3 Å². The third-order valence-corrected chi connectivity index (χ3v) is 2.46. The van der Waals surface area contributed by atoms with E-state index in [-0.39, 0.29) is 21.2 Å². The highest BCUT2D eigenvalue weighted by atomic mass is 79.9. The summed E-state index contributed by atoms with van der Waals surface area (Å²) in [7, 11) is 0. The van der Waals surface area contributed by atoms with Crippen molar-refractivity contribution in [3.8, 4) is 6.07 Å². The lowest BCUT2D eigenvalue weighted by molar-refractivity contribution is 0.0693. The highest BCUT2D eigenvalue weighted by Crippen LogP contribution is 2.24. The molecule has 0 aliphatic rings. The van der Waals surface area contributed by atoms with E-state index in [2.05, 4.69) is 15.9 Å². The largest absolute Gasteiger partial charge is 0.478 e. The van der Waals surface area contributed by atoms with E-state index in [9.17, 15) is 9.59 Å². The molecule has 0 bridgehead atoms. The van der Waals surface area contributed by atoms with Crippen LogP contribution in [0.15, 0.2) is 16.6 Å². The lowest BCUT2D eigenvalue weighted by atomic mass is 10.1. The summed E-state index contributed by atoms with van der Waals surface area (Å²) < 4.78 is 0.136. The summed E-state index contributed by atoms with van der Waals surface area (Å²) in [5.74, 6) is -1.24. The molecular formula is C9H4BrNO3. The van der Waals surface area contributed by atoms with Gasteiger partial charge in [0.1, 0.15) is 6.07 Å². The van der Waals surface area contributed by atoms with Crippen molar-refractivity contribution < 1.29 is 14.7 Å². The monoisotopic (exact) mass is 253 g/mol. The molecular weight excluding hydrogens is 250 g/mol. The lowest BCUT2D eigenvalue weighted by Crippen LogP contribution is -2.04. The molecule has 0 aromatic heterocycles. The van der Waals surface area contributed by atoms with Gasteiger partial charge >= 0.3 is 5.97 Å². The van der Waals surface area contributed by atoms with Gasteiger partial charge in [0.25, 0.3) is 0 Å². The van der Waals surface area contributed by atoms with Gasteiger partial charge in [-0.1, -0.05) is 0 Å². The number of rotatable bonds is 2. The molecule has 0 spiro atoms. The van der Waals surface area contributed by atoms with Crippen LogP contribution in [0.4, 0.5) is 0 Å². The number of hydrogen-bond acceptors (Lipinski definition) is 3. The third kappa shape index (κ3) is 1.65. The predicted octanol–water partition coefficient (Wildman–Crippen LogP) is 1.83. The van der Waals surface area contributed by atoms with Crippen LogP contribution in [0.2, 0.25) is 0 Å². The van der Waals surface area contributed by atoms with E-state index in [1.54, 1.807) is 0 Å². The summed E-state index contributed by atoms with van der Waals surface area (Å²) in [5.41, 5.74) is 0.0513. The molecule has 1 aromatic carbocycles. The van der Waals surface area contributed by atoms with Crippen molar-refractivity contribution in [3.63, 3.8) is 0 Å². The van der Waals surface area contributed by atoms with Gasteiger partial charge in [-0.2, -0.15) is 5.26 Å². The number of halogens is 1. The van der Waals surface area contributed by atoms with Gasteiger partial charge in [-0.05, 0) is 28.1 Å². The fourth-order valence-corrected chi connectivity index (χ4v) is 1.61. The normalized spacial score (nSPS) is 9.14. The van der Waals surface area contributed by atoms with E-state index in [1.807, 2.05) is 6.07 Å². The van der Waals surface area contributed by atoms with E-state index < -0.39 is 5.97 Å². The Kier molecular flexibility index (Phi) is 2.99. The summed E-state index contributed by atoms with van der Waals surface area (Å²) in [4.78, 5) is 21.3. The first-order valence-corrected chi connectivity index (χ1v) is 4.32. The number of nitrogens with zero attached hydrogens (tertiary/aromatic N) is 1. The van der Waals surface area contributed by atoms with Crippen LogP contribution < -0.4 is 0 Å². The molecule has 0 unspecified atom stereocenters. The van der Waals surface area contributed by atoms with E-state index in [0.717, 1.165) is 0 Å².